The molecule has 2 fully saturated rings. The number of nitrogens with one attached hydrogen (secondary N) is 1. The van der Waals surface area contributed by atoms with Gasteiger partial charge in [-0.1, -0.05) is 6.07 Å². The van der Waals surface area contributed by atoms with Gasteiger partial charge in [-0.05, 0) is 62.8 Å². The minimum atomic E-state index is 0.182. The molecule has 1 aromatic rings. The minimum Gasteiger partial charge on any atom is -0.493 e. The number of methoxy groups -OCH3 is 2. The number of piperidine rings is 1. The summed E-state index contributed by atoms with van der Waals surface area (Å²) in [5.74, 6) is 2.08. The van der Waals surface area contributed by atoms with Crippen LogP contribution in [0.3, 0.4) is 0 Å². The summed E-state index contributed by atoms with van der Waals surface area (Å²) in [6.07, 6.45) is 6.44. The quantitative estimate of drug-likeness (QED) is 0.860. The van der Waals surface area contributed by atoms with Crippen molar-refractivity contribution in [2.24, 2.45) is 5.92 Å². The normalized spacial score (nSPS) is 23.5. The number of benzene rings is 1. The summed E-state index contributed by atoms with van der Waals surface area (Å²) in [6, 6.07) is 6.48. The lowest BCUT2D eigenvalue weighted by atomic mass is 9.94. The van der Waals surface area contributed by atoms with Crippen LogP contribution in [0.2, 0.25) is 0 Å². The van der Waals surface area contributed by atoms with E-state index in [-0.39, 0.29) is 5.92 Å². The first-order valence-electron chi connectivity index (χ1n) is 9.45. The molecule has 25 heavy (non-hydrogen) atoms. The lowest BCUT2D eigenvalue weighted by molar-refractivity contribution is -0.138. The molecule has 2 aliphatic heterocycles. The van der Waals surface area contributed by atoms with Crippen LogP contribution in [0.15, 0.2) is 18.2 Å². The maximum Gasteiger partial charge on any atom is 0.227 e. The first-order chi connectivity index (χ1) is 12.2. The molecule has 0 bridgehead atoms. The van der Waals surface area contributed by atoms with Crippen LogP contribution in [0, 0.1) is 5.92 Å². The molecule has 2 atom stereocenters. The maximum atomic E-state index is 12.9. The van der Waals surface area contributed by atoms with Crippen molar-refractivity contribution in [3.63, 3.8) is 0 Å². The topological polar surface area (TPSA) is 50.8 Å². The molecule has 3 rings (SSSR count). The van der Waals surface area contributed by atoms with Crippen LogP contribution in [0.5, 0.6) is 11.5 Å². The molecule has 0 aromatic heterocycles. The van der Waals surface area contributed by atoms with Crippen molar-refractivity contribution >= 4 is 5.91 Å². The van der Waals surface area contributed by atoms with Crippen LogP contribution in [0.25, 0.3) is 0 Å². The van der Waals surface area contributed by atoms with Crippen LogP contribution in [-0.2, 0) is 11.2 Å². The van der Waals surface area contributed by atoms with Gasteiger partial charge in [0, 0.05) is 19.1 Å². The highest BCUT2D eigenvalue weighted by atomic mass is 16.5. The summed E-state index contributed by atoms with van der Waals surface area (Å²) in [5.41, 5.74) is 1.23. The Morgan fingerprint density at radius 2 is 2.04 bits per heavy atom. The standard InChI is InChI=1S/C20H30N2O3/c1-24-18-9-7-15(13-19(18)25-2)6-8-17-5-3-4-12-22(17)20(23)16-10-11-21-14-16/h7,9,13,16-17,21H,3-6,8,10-12,14H2,1-2H3. The molecule has 1 N–H and O–H groups in total. The Morgan fingerprint density at radius 1 is 1.20 bits per heavy atom. The number of ether oxygens (including phenoxy) is 2. The van der Waals surface area contributed by atoms with E-state index in [1.54, 1.807) is 14.2 Å². The second kappa shape index (κ2) is 8.56. The van der Waals surface area contributed by atoms with E-state index in [0.29, 0.717) is 11.9 Å². The highest BCUT2D eigenvalue weighted by molar-refractivity contribution is 5.79. The van der Waals surface area contributed by atoms with Gasteiger partial charge in [-0.2, -0.15) is 0 Å². The molecule has 0 spiro atoms. The third kappa shape index (κ3) is 4.27. The summed E-state index contributed by atoms with van der Waals surface area (Å²) in [6.45, 7) is 2.74. The number of likely N-dealkylation sites (tertiary alicyclic amines) is 1. The number of carbonyl (C=O) groups is 1. The first-order valence-corrected chi connectivity index (χ1v) is 9.45. The molecule has 0 aliphatic carbocycles. The fourth-order valence-electron chi connectivity index (χ4n) is 4.06. The van der Waals surface area contributed by atoms with Gasteiger partial charge in [-0.15, -0.1) is 0 Å². The number of hydrogen-bond acceptors (Lipinski definition) is 4. The van der Waals surface area contributed by atoms with Crippen molar-refractivity contribution in [1.29, 1.82) is 0 Å². The zero-order chi connectivity index (χ0) is 17.6. The number of nitrogens with zero attached hydrogens (tertiary/aromatic N) is 1. The van der Waals surface area contributed by atoms with Gasteiger partial charge in [0.25, 0.3) is 0 Å². The third-order valence-corrected chi connectivity index (χ3v) is 5.53. The molecule has 2 heterocycles. The second-order valence-corrected chi connectivity index (χ2v) is 7.10. The highest BCUT2D eigenvalue weighted by Gasteiger charge is 2.32. The van der Waals surface area contributed by atoms with Crippen molar-refractivity contribution in [1.82, 2.24) is 10.2 Å². The van der Waals surface area contributed by atoms with E-state index in [9.17, 15) is 4.79 Å². The van der Waals surface area contributed by atoms with Crippen molar-refractivity contribution in [3.05, 3.63) is 23.8 Å². The molecule has 5 nitrogen and oxygen atoms in total. The highest BCUT2D eigenvalue weighted by Crippen LogP contribution is 2.29. The van der Waals surface area contributed by atoms with Crippen molar-refractivity contribution < 1.29 is 14.3 Å². The largest absolute Gasteiger partial charge is 0.493 e. The fraction of sp³-hybridized carbons (Fsp3) is 0.650. The van der Waals surface area contributed by atoms with Gasteiger partial charge in [-0.25, -0.2) is 0 Å². The van der Waals surface area contributed by atoms with E-state index in [2.05, 4.69) is 22.3 Å². The number of carbonyl (C=O) groups excluding carboxylic acids is 1. The number of amides is 1. The summed E-state index contributed by atoms with van der Waals surface area (Å²) in [7, 11) is 3.32. The molecule has 2 aliphatic rings. The van der Waals surface area contributed by atoms with Crippen molar-refractivity contribution in [3.8, 4) is 11.5 Å². The Morgan fingerprint density at radius 3 is 2.76 bits per heavy atom. The molecular weight excluding hydrogens is 316 g/mol. The Labute approximate surface area is 150 Å². The number of rotatable bonds is 6. The van der Waals surface area contributed by atoms with E-state index >= 15 is 0 Å². The molecule has 138 valence electrons. The van der Waals surface area contributed by atoms with E-state index in [1.807, 2.05) is 6.07 Å². The van der Waals surface area contributed by atoms with Gasteiger partial charge in [0.2, 0.25) is 5.91 Å². The lowest BCUT2D eigenvalue weighted by Gasteiger charge is -2.37. The molecule has 0 radical (unpaired) electrons. The average molecular weight is 346 g/mol. The van der Waals surface area contributed by atoms with Crippen LogP contribution < -0.4 is 14.8 Å². The van der Waals surface area contributed by atoms with Crippen LogP contribution in [-0.4, -0.2) is 50.7 Å². The Hall–Kier alpha value is -1.75. The minimum absolute atomic E-state index is 0.182. The Balaban J connectivity index is 1.62. The lowest BCUT2D eigenvalue weighted by Crippen LogP contribution is -2.47. The fourth-order valence-corrected chi connectivity index (χ4v) is 4.06. The summed E-state index contributed by atoms with van der Waals surface area (Å²) in [4.78, 5) is 15.0. The smallest absolute Gasteiger partial charge is 0.227 e. The van der Waals surface area contributed by atoms with Crippen molar-refractivity contribution in [2.45, 2.75) is 44.6 Å². The second-order valence-electron chi connectivity index (χ2n) is 7.10. The van der Waals surface area contributed by atoms with E-state index < -0.39 is 0 Å². The zero-order valence-electron chi connectivity index (χ0n) is 15.4. The Kier molecular flexibility index (Phi) is 6.19. The SMILES string of the molecule is COc1ccc(CCC2CCCCN2C(=O)C2CCNC2)cc1OC. The number of aryl methyl sites for hydroxylation is 1. The van der Waals surface area contributed by atoms with E-state index in [0.717, 1.165) is 63.2 Å². The monoisotopic (exact) mass is 346 g/mol. The molecule has 5 heteroatoms. The van der Waals surface area contributed by atoms with Gasteiger partial charge >= 0.3 is 0 Å². The molecule has 1 amide bonds. The van der Waals surface area contributed by atoms with Crippen LogP contribution >= 0.6 is 0 Å². The molecule has 2 saturated heterocycles. The molecule has 2 unspecified atom stereocenters. The molecule has 0 saturated carbocycles. The predicted octanol–water partition coefficient (Wildman–Crippen LogP) is 2.63. The summed E-state index contributed by atoms with van der Waals surface area (Å²) in [5, 5.41) is 3.32. The van der Waals surface area contributed by atoms with E-state index in [1.165, 1.54) is 12.0 Å². The predicted molar refractivity (Wildman–Crippen MR) is 98.2 cm³/mol. The maximum absolute atomic E-state index is 12.9. The van der Waals surface area contributed by atoms with Gasteiger partial charge in [0.05, 0.1) is 20.1 Å². The van der Waals surface area contributed by atoms with Gasteiger partial charge in [0.1, 0.15) is 0 Å². The Bertz CT molecular complexity index is 584. The summed E-state index contributed by atoms with van der Waals surface area (Å²) < 4.78 is 10.7. The zero-order valence-corrected chi connectivity index (χ0v) is 15.4. The third-order valence-electron chi connectivity index (χ3n) is 5.53. The average Bonchev–Trinajstić information content (AvgIpc) is 3.20. The first kappa shape index (κ1) is 18.1. The van der Waals surface area contributed by atoms with Crippen molar-refractivity contribution in [2.75, 3.05) is 33.9 Å². The van der Waals surface area contributed by atoms with Gasteiger partial charge < -0.3 is 19.7 Å². The van der Waals surface area contributed by atoms with Crippen LogP contribution in [0.4, 0.5) is 0 Å². The van der Waals surface area contributed by atoms with Crippen LogP contribution in [0.1, 0.15) is 37.7 Å². The van der Waals surface area contributed by atoms with Gasteiger partial charge in [-0.3, -0.25) is 4.79 Å². The number of hydrogen-bond donors (Lipinski definition) is 1. The summed E-state index contributed by atoms with van der Waals surface area (Å²) >= 11 is 0. The van der Waals surface area contributed by atoms with Gasteiger partial charge in [0.15, 0.2) is 11.5 Å². The van der Waals surface area contributed by atoms with E-state index in [4.69, 9.17) is 9.47 Å². The molecular formula is C20H30N2O3. The molecule has 1 aromatic carbocycles.